The van der Waals surface area contributed by atoms with Gasteiger partial charge in [0.25, 0.3) is 0 Å². The van der Waals surface area contributed by atoms with E-state index in [1.54, 1.807) is 11.1 Å². The number of aryl methyl sites for hydroxylation is 1. The van der Waals surface area contributed by atoms with Crippen molar-refractivity contribution in [2.45, 2.75) is 25.8 Å². The van der Waals surface area contributed by atoms with Gasteiger partial charge in [0.15, 0.2) is 0 Å². The van der Waals surface area contributed by atoms with Crippen LogP contribution in [0.2, 0.25) is 0 Å². The molecule has 0 aliphatic carbocycles. The highest BCUT2D eigenvalue weighted by molar-refractivity contribution is 5.90. The van der Waals surface area contributed by atoms with E-state index in [-0.39, 0.29) is 18.7 Å². The number of aliphatic hydroxyl groups excluding tert-OH is 1. The van der Waals surface area contributed by atoms with Crippen molar-refractivity contribution in [3.05, 3.63) is 42.4 Å². The summed E-state index contributed by atoms with van der Waals surface area (Å²) in [5, 5.41) is 12.2. The first-order valence-corrected chi connectivity index (χ1v) is 7.76. The van der Waals surface area contributed by atoms with Gasteiger partial charge in [0.1, 0.15) is 5.82 Å². The van der Waals surface area contributed by atoms with E-state index in [0.29, 0.717) is 18.1 Å². The molecule has 1 aliphatic heterocycles. The average molecular weight is 312 g/mol. The van der Waals surface area contributed by atoms with Crippen LogP contribution in [0.25, 0.3) is 11.3 Å². The Morgan fingerprint density at radius 2 is 2.30 bits per heavy atom. The van der Waals surface area contributed by atoms with E-state index >= 15 is 0 Å². The Morgan fingerprint density at radius 3 is 3.09 bits per heavy atom. The second-order valence-corrected chi connectivity index (χ2v) is 5.67. The van der Waals surface area contributed by atoms with Crippen molar-refractivity contribution < 1.29 is 9.90 Å². The molecular weight excluding hydrogens is 292 g/mol. The average Bonchev–Trinajstić information content (AvgIpc) is 3.04. The highest BCUT2D eigenvalue weighted by Gasteiger charge is 2.27. The molecule has 2 heterocycles. The van der Waals surface area contributed by atoms with Gasteiger partial charge in [0, 0.05) is 24.0 Å². The summed E-state index contributed by atoms with van der Waals surface area (Å²) >= 11 is 0. The number of anilines is 1. The number of nitrogens with one attached hydrogen (secondary N) is 1. The molecule has 0 unspecified atom stereocenters. The lowest BCUT2D eigenvalue weighted by Crippen LogP contribution is -2.40. The molecule has 1 atom stereocenters. The molecule has 3 rings (SSSR count). The predicted molar refractivity (Wildman–Crippen MR) is 88.0 cm³/mol. The summed E-state index contributed by atoms with van der Waals surface area (Å²) in [5.74, 6) is 0.708. The molecule has 6 nitrogen and oxygen atoms in total. The topological polar surface area (TPSA) is 78.4 Å². The summed E-state index contributed by atoms with van der Waals surface area (Å²) in [6.07, 6.45) is 3.50. The Morgan fingerprint density at radius 1 is 1.43 bits per heavy atom. The van der Waals surface area contributed by atoms with E-state index < -0.39 is 0 Å². The van der Waals surface area contributed by atoms with Crippen molar-refractivity contribution in [2.24, 2.45) is 0 Å². The smallest absolute Gasteiger partial charge is 0.322 e. The number of amides is 2. The lowest BCUT2D eigenvalue weighted by atomic mass is 10.1. The van der Waals surface area contributed by atoms with Crippen molar-refractivity contribution >= 4 is 11.7 Å². The summed E-state index contributed by atoms with van der Waals surface area (Å²) < 4.78 is 0. The SMILES string of the molecule is Cc1nccc(-c2cccc(NC(=O)N3CCC[C@@H]3CO)c2)n1. The third-order valence-corrected chi connectivity index (χ3v) is 4.03. The second kappa shape index (κ2) is 6.75. The minimum atomic E-state index is -0.169. The number of benzene rings is 1. The van der Waals surface area contributed by atoms with Crippen LogP contribution in [0.5, 0.6) is 0 Å². The van der Waals surface area contributed by atoms with Crippen molar-refractivity contribution in [1.29, 1.82) is 0 Å². The largest absolute Gasteiger partial charge is 0.394 e. The molecule has 1 saturated heterocycles. The molecule has 1 aromatic carbocycles. The van der Waals surface area contributed by atoms with Gasteiger partial charge in [-0.2, -0.15) is 0 Å². The second-order valence-electron chi connectivity index (χ2n) is 5.67. The van der Waals surface area contributed by atoms with Crippen LogP contribution < -0.4 is 5.32 Å². The number of hydrogen-bond donors (Lipinski definition) is 2. The number of nitrogens with zero attached hydrogens (tertiary/aromatic N) is 3. The quantitative estimate of drug-likeness (QED) is 0.912. The molecule has 1 aromatic heterocycles. The zero-order valence-corrected chi connectivity index (χ0v) is 13.1. The molecule has 2 amide bonds. The van der Waals surface area contributed by atoms with Gasteiger partial charge in [-0.15, -0.1) is 0 Å². The van der Waals surface area contributed by atoms with Crippen molar-refractivity contribution in [1.82, 2.24) is 14.9 Å². The number of likely N-dealkylation sites (tertiary alicyclic amines) is 1. The zero-order chi connectivity index (χ0) is 16.2. The predicted octanol–water partition coefficient (Wildman–Crippen LogP) is 2.44. The Balaban J connectivity index is 1.76. The lowest BCUT2D eigenvalue weighted by molar-refractivity contribution is 0.166. The molecule has 2 aromatic rings. The molecule has 1 fully saturated rings. The van der Waals surface area contributed by atoms with Gasteiger partial charge in [-0.05, 0) is 38.0 Å². The molecule has 0 spiro atoms. The van der Waals surface area contributed by atoms with E-state index in [0.717, 1.165) is 24.1 Å². The highest BCUT2D eigenvalue weighted by atomic mass is 16.3. The van der Waals surface area contributed by atoms with Gasteiger partial charge >= 0.3 is 6.03 Å². The number of aliphatic hydroxyl groups is 1. The van der Waals surface area contributed by atoms with Crippen LogP contribution in [0.1, 0.15) is 18.7 Å². The molecule has 0 radical (unpaired) electrons. The minimum Gasteiger partial charge on any atom is -0.394 e. The number of aromatic nitrogens is 2. The van der Waals surface area contributed by atoms with Crippen LogP contribution in [0.3, 0.4) is 0 Å². The first-order valence-electron chi connectivity index (χ1n) is 7.76. The summed E-state index contributed by atoms with van der Waals surface area (Å²) in [4.78, 5) is 22.6. The summed E-state index contributed by atoms with van der Waals surface area (Å²) in [6.45, 7) is 2.53. The molecule has 23 heavy (non-hydrogen) atoms. The zero-order valence-electron chi connectivity index (χ0n) is 13.1. The Hall–Kier alpha value is -2.47. The van der Waals surface area contributed by atoms with E-state index in [1.807, 2.05) is 37.3 Å². The number of urea groups is 1. The molecule has 2 N–H and O–H groups in total. The minimum absolute atomic E-state index is 0.00761. The summed E-state index contributed by atoms with van der Waals surface area (Å²) in [5.41, 5.74) is 2.46. The monoisotopic (exact) mass is 312 g/mol. The first kappa shape index (κ1) is 15.4. The fourth-order valence-corrected chi connectivity index (χ4v) is 2.86. The molecule has 6 heteroatoms. The standard InChI is InChI=1S/C17H20N4O2/c1-12-18-8-7-16(19-12)13-4-2-5-14(10-13)20-17(23)21-9-3-6-15(21)11-22/h2,4-5,7-8,10,15,22H,3,6,9,11H2,1H3,(H,20,23)/t15-/m1/s1. The molecule has 1 aliphatic rings. The van der Waals surface area contributed by atoms with Gasteiger partial charge in [-0.1, -0.05) is 12.1 Å². The van der Waals surface area contributed by atoms with Crippen molar-refractivity contribution in [3.63, 3.8) is 0 Å². The van der Waals surface area contributed by atoms with Crippen LogP contribution in [0.15, 0.2) is 36.5 Å². The van der Waals surface area contributed by atoms with Crippen molar-refractivity contribution in [2.75, 3.05) is 18.5 Å². The molecule has 0 bridgehead atoms. The number of rotatable bonds is 3. The van der Waals surface area contributed by atoms with Crippen LogP contribution in [0, 0.1) is 6.92 Å². The van der Waals surface area contributed by atoms with Gasteiger partial charge < -0.3 is 15.3 Å². The van der Waals surface area contributed by atoms with E-state index in [2.05, 4.69) is 15.3 Å². The van der Waals surface area contributed by atoms with E-state index in [1.165, 1.54) is 0 Å². The van der Waals surface area contributed by atoms with Crippen LogP contribution in [-0.2, 0) is 0 Å². The number of carbonyl (C=O) groups is 1. The van der Waals surface area contributed by atoms with Gasteiger partial charge in [0.05, 0.1) is 18.3 Å². The first-order chi connectivity index (χ1) is 11.2. The van der Waals surface area contributed by atoms with Gasteiger partial charge in [-0.3, -0.25) is 0 Å². The molecular formula is C17H20N4O2. The van der Waals surface area contributed by atoms with Crippen LogP contribution in [0.4, 0.5) is 10.5 Å². The van der Waals surface area contributed by atoms with E-state index in [4.69, 9.17) is 0 Å². The number of hydrogen-bond acceptors (Lipinski definition) is 4. The van der Waals surface area contributed by atoms with Crippen LogP contribution in [-0.4, -0.2) is 45.2 Å². The van der Waals surface area contributed by atoms with E-state index in [9.17, 15) is 9.90 Å². The lowest BCUT2D eigenvalue weighted by Gasteiger charge is -2.23. The Kier molecular flexibility index (Phi) is 4.52. The van der Waals surface area contributed by atoms with Gasteiger partial charge in [-0.25, -0.2) is 14.8 Å². The normalized spacial score (nSPS) is 17.3. The summed E-state index contributed by atoms with van der Waals surface area (Å²) in [6, 6.07) is 9.17. The fraction of sp³-hybridized carbons (Fsp3) is 0.353. The molecule has 120 valence electrons. The maximum absolute atomic E-state index is 12.4. The number of carbonyl (C=O) groups excluding carboxylic acids is 1. The fourth-order valence-electron chi connectivity index (χ4n) is 2.86. The highest BCUT2D eigenvalue weighted by Crippen LogP contribution is 2.22. The molecule has 0 saturated carbocycles. The van der Waals surface area contributed by atoms with Crippen molar-refractivity contribution in [3.8, 4) is 11.3 Å². The maximum atomic E-state index is 12.4. The summed E-state index contributed by atoms with van der Waals surface area (Å²) in [7, 11) is 0. The Labute approximate surface area is 135 Å². The maximum Gasteiger partial charge on any atom is 0.322 e. The Bertz CT molecular complexity index is 704. The third kappa shape index (κ3) is 3.48. The third-order valence-electron chi connectivity index (χ3n) is 4.03. The van der Waals surface area contributed by atoms with Crippen LogP contribution >= 0.6 is 0 Å². The van der Waals surface area contributed by atoms with Gasteiger partial charge in [0.2, 0.25) is 0 Å².